The molecule has 0 bridgehead atoms. The molecule has 4 atom stereocenters. The zero-order valence-corrected chi connectivity index (χ0v) is 77.3. The predicted molar refractivity (Wildman–Crippen MR) is 511 cm³/mol. The van der Waals surface area contributed by atoms with E-state index < -0.39 is 40.0 Å². The van der Waals surface area contributed by atoms with Crippen LogP contribution in [-0.4, -0.2) is 178 Å². The van der Waals surface area contributed by atoms with E-state index in [-0.39, 0.29) is 72.8 Å². The Hall–Kier alpha value is -11.8. The lowest BCUT2D eigenvalue weighted by Crippen LogP contribution is -2.52. The van der Waals surface area contributed by atoms with Crippen LogP contribution in [0, 0.1) is 29.1 Å². The lowest BCUT2D eigenvalue weighted by Gasteiger charge is -2.43. The first-order valence-electron chi connectivity index (χ1n) is 47.6. The fourth-order valence-corrected chi connectivity index (χ4v) is 24.8. The standard InChI is InChI=1S/C28H31FN4OS.C28H31FN4O.C27H28F2N4O.C24H24F2N4O/c1-31-17-22(16-30-31)20-8-9-21(25(29)15-20)18-33-26-7-3-2-6-24(26)28(27(33)34)10-12-32(13-11-28)23-5-4-14-35-19-23;1-31-17-22(16-30-31)20-11-12-21(25(29)15-20)18-33-26-10-6-5-9-24(26)28(27(33)34)13-14-32(19-28)23-7-3-2-4-8-23;1-31-15-19(14-30-31)18-12-23(28)21(24(29)13-18)16-33-25-9-5-4-8-22(25)27(26(33)34)10-11-32(17-27)20-6-2-3-7-20;1-28-14-19(13-27-28)17-6-7-18(21(26)12-17)15-30-22-5-3-2-4-20(22)24(23(30)31)8-10-29(16-24)11-9-25/h2-3,6-9,15-17,23H,4-5,10-14,18-19H2,1H3;5-6,9-12,15-17,23H,2-4,7-8,13-14,18-19H2,1H3;4-5,8-9,12-15,20H,2-3,6-7,10-11,16-17H2,1H3;2-7,12-14H,8-11,15-16H2,1H3. The molecule has 4 spiro atoms. The molecule has 5 saturated heterocycles. The van der Waals surface area contributed by atoms with Crippen molar-refractivity contribution >= 4 is 58.1 Å². The number of rotatable bonds is 17. The third-order valence-electron chi connectivity index (χ3n) is 30.8. The molecule has 4 amide bonds. The monoisotopic (exact) mass is 1830 g/mol. The SMILES string of the molecule is Cn1cc(-c2cc(F)c(CN3C(=O)C4(CCN(C5CCCC5)C4)c4ccccc43)c(F)c2)cn1.Cn1cc(-c2ccc(CN3C(=O)C4(CCN(C5CCCCC5)C4)c4ccccc43)c(F)c2)cn1.Cn1cc(-c2ccc(CN3C(=O)C4(CCN(C5CCCSC5)CC4)c4ccccc43)c(F)c2)cn1.Cn1cc(-c2ccc(CN3C(=O)C4(CCN(CCF)C4)c4ccccc43)c(F)c2)cn1. The minimum absolute atomic E-state index is 0.0224. The number of fused-ring (bicyclic) bond motifs is 8. The molecule has 694 valence electrons. The van der Waals surface area contributed by atoms with Crippen molar-refractivity contribution in [2.24, 2.45) is 28.2 Å². The van der Waals surface area contributed by atoms with Crippen LogP contribution >= 0.6 is 11.8 Å². The van der Waals surface area contributed by atoms with Gasteiger partial charge in [0.1, 0.15) is 35.8 Å². The number of alkyl halides is 1. The largest absolute Gasteiger partial charge is 0.307 e. The number of carbonyl (C=O) groups is 4. The Balaban J connectivity index is 0.000000111. The highest BCUT2D eigenvalue weighted by atomic mass is 32.2. The lowest BCUT2D eigenvalue weighted by atomic mass is 9.73. The van der Waals surface area contributed by atoms with Gasteiger partial charge < -0.3 is 19.6 Å². The molecule has 23 rings (SSSR count). The first-order chi connectivity index (χ1) is 65.1. The highest BCUT2D eigenvalue weighted by molar-refractivity contribution is 7.99. The molecule has 8 aromatic carbocycles. The first-order valence-corrected chi connectivity index (χ1v) is 48.8. The van der Waals surface area contributed by atoms with Crippen LogP contribution in [0.1, 0.15) is 147 Å². The molecular weight excluding hydrogens is 1720 g/mol. The molecule has 9 aliphatic heterocycles. The van der Waals surface area contributed by atoms with E-state index in [9.17, 15) is 23.6 Å². The maximum absolute atomic E-state index is 15.2. The van der Waals surface area contributed by atoms with Gasteiger partial charge in [-0.3, -0.25) is 57.5 Å². The number of aryl methyl sites for hydroxylation is 4. The van der Waals surface area contributed by atoms with Crippen molar-refractivity contribution in [1.82, 2.24) is 58.7 Å². The van der Waals surface area contributed by atoms with E-state index in [4.69, 9.17) is 0 Å². The Morgan fingerprint density at radius 3 is 1.04 bits per heavy atom. The number of benzene rings is 8. The fraction of sp³-hybridized carbons (Fsp3) is 0.402. The molecule has 0 radical (unpaired) electrons. The minimum Gasteiger partial charge on any atom is -0.307 e. The van der Waals surface area contributed by atoms with Crippen LogP contribution in [0.4, 0.5) is 49.1 Å². The van der Waals surface area contributed by atoms with Gasteiger partial charge in [0.15, 0.2) is 0 Å². The molecular formula is C107H114F6N16O4S. The number of amides is 4. The van der Waals surface area contributed by atoms with Crippen LogP contribution in [0.5, 0.6) is 0 Å². The normalized spacial score (nSPS) is 22.3. The summed E-state index contributed by atoms with van der Waals surface area (Å²) in [6, 6.07) is 51.9. The molecule has 4 unspecified atom stereocenters. The van der Waals surface area contributed by atoms with Crippen molar-refractivity contribution in [3.8, 4) is 44.5 Å². The van der Waals surface area contributed by atoms with Gasteiger partial charge in [-0.05, 0) is 208 Å². The van der Waals surface area contributed by atoms with Gasteiger partial charge in [-0.1, -0.05) is 141 Å². The van der Waals surface area contributed by atoms with Gasteiger partial charge in [0.25, 0.3) is 0 Å². The van der Waals surface area contributed by atoms with E-state index in [1.807, 2.05) is 170 Å². The summed E-state index contributed by atoms with van der Waals surface area (Å²) in [5, 5.41) is 16.6. The molecule has 2 aliphatic carbocycles. The molecule has 4 aromatic heterocycles. The average molecular weight is 1830 g/mol. The first kappa shape index (κ1) is 90.1. The van der Waals surface area contributed by atoms with E-state index in [1.165, 1.54) is 100 Å². The molecule has 20 nitrogen and oxygen atoms in total. The van der Waals surface area contributed by atoms with E-state index in [0.29, 0.717) is 78.5 Å². The molecule has 13 heterocycles. The third-order valence-corrected chi connectivity index (χ3v) is 32.0. The van der Waals surface area contributed by atoms with Crippen LogP contribution in [-0.2, 0) is 95.2 Å². The number of halogens is 6. The Bertz CT molecular complexity index is 6380. The van der Waals surface area contributed by atoms with Crippen LogP contribution in [0.3, 0.4) is 0 Å². The van der Waals surface area contributed by atoms with Crippen molar-refractivity contribution in [3.05, 3.63) is 287 Å². The molecule has 12 aromatic rings. The molecule has 7 fully saturated rings. The summed E-state index contributed by atoms with van der Waals surface area (Å²) >= 11 is 2.06. The summed E-state index contributed by atoms with van der Waals surface area (Å²) in [6.07, 6.45) is 31.8. The molecule has 11 aliphatic rings. The second-order valence-electron chi connectivity index (χ2n) is 38.7. The maximum Gasteiger partial charge on any atom is 0.239 e. The van der Waals surface area contributed by atoms with Gasteiger partial charge in [-0.2, -0.15) is 32.2 Å². The number of anilines is 4. The summed E-state index contributed by atoms with van der Waals surface area (Å²) in [6.45, 7) is 6.88. The predicted octanol–water partition coefficient (Wildman–Crippen LogP) is 18.5. The zero-order chi connectivity index (χ0) is 92.3. The summed E-state index contributed by atoms with van der Waals surface area (Å²) < 4.78 is 95.4. The molecule has 2 saturated carbocycles. The van der Waals surface area contributed by atoms with E-state index >= 15 is 22.0 Å². The van der Waals surface area contributed by atoms with Crippen LogP contribution < -0.4 is 19.6 Å². The number of piperidine rings is 1. The van der Waals surface area contributed by atoms with Gasteiger partial charge in [0.05, 0.1) is 72.6 Å². The van der Waals surface area contributed by atoms with Gasteiger partial charge >= 0.3 is 0 Å². The third kappa shape index (κ3) is 16.9. The highest BCUT2D eigenvalue weighted by Gasteiger charge is 2.59. The zero-order valence-electron chi connectivity index (χ0n) is 76.5. The average Bonchev–Trinajstić information content (AvgIpc) is 1.56. The topological polar surface area (TPSA) is 165 Å². The molecule has 27 heteroatoms. The number of likely N-dealkylation sites (tertiary alicyclic amines) is 4. The van der Waals surface area contributed by atoms with Crippen molar-refractivity contribution in [2.45, 2.75) is 169 Å². The molecule has 134 heavy (non-hydrogen) atoms. The van der Waals surface area contributed by atoms with Crippen molar-refractivity contribution < 1.29 is 45.5 Å². The minimum atomic E-state index is -0.669. The van der Waals surface area contributed by atoms with Gasteiger partial charge in [-0.25, -0.2) is 26.3 Å². The fourth-order valence-electron chi connectivity index (χ4n) is 23.6. The number of nitrogens with zero attached hydrogens (tertiary/aromatic N) is 16. The Labute approximate surface area is 782 Å². The van der Waals surface area contributed by atoms with Crippen molar-refractivity contribution in [1.29, 1.82) is 0 Å². The van der Waals surface area contributed by atoms with Gasteiger partial charge in [-0.15, -0.1) is 0 Å². The lowest BCUT2D eigenvalue weighted by molar-refractivity contribution is -0.125. The Morgan fingerprint density at radius 1 is 0.343 bits per heavy atom. The molecule has 0 N–H and O–H groups in total. The second kappa shape index (κ2) is 37.5. The second-order valence-corrected chi connectivity index (χ2v) is 39.9. The quantitative estimate of drug-likeness (QED) is 0.0791. The van der Waals surface area contributed by atoms with E-state index in [1.54, 1.807) is 84.8 Å². The smallest absolute Gasteiger partial charge is 0.239 e. The number of para-hydroxylation sites is 4. The summed E-state index contributed by atoms with van der Waals surface area (Å²) in [7, 11) is 7.27. The number of hydrogen-bond donors (Lipinski definition) is 0. The van der Waals surface area contributed by atoms with E-state index in [2.05, 4.69) is 59.0 Å². The van der Waals surface area contributed by atoms with Crippen molar-refractivity contribution in [2.75, 3.05) is 96.7 Å². The number of carbonyl (C=O) groups excluding carboxylic acids is 4. The summed E-state index contributed by atoms with van der Waals surface area (Å²) in [5.74, 6) is 0.452. The number of thioether (sulfide) groups is 1. The van der Waals surface area contributed by atoms with Crippen LogP contribution in [0.25, 0.3) is 44.5 Å². The van der Waals surface area contributed by atoms with Gasteiger partial charge in [0, 0.05) is 170 Å². The maximum atomic E-state index is 15.2. The van der Waals surface area contributed by atoms with Gasteiger partial charge in [0.2, 0.25) is 23.6 Å². The number of aromatic nitrogens is 8. The van der Waals surface area contributed by atoms with Crippen molar-refractivity contribution in [3.63, 3.8) is 0 Å². The Kier molecular flexibility index (Phi) is 25.2. The Morgan fingerprint density at radius 2 is 0.672 bits per heavy atom. The van der Waals surface area contributed by atoms with E-state index in [0.717, 1.165) is 137 Å². The number of hydrogen-bond acceptors (Lipinski definition) is 13. The van der Waals surface area contributed by atoms with Crippen LogP contribution in [0.15, 0.2) is 213 Å². The summed E-state index contributed by atoms with van der Waals surface area (Å²) in [5.41, 5.74) is 12.8. The highest BCUT2D eigenvalue weighted by Crippen LogP contribution is 2.54. The van der Waals surface area contributed by atoms with Crippen LogP contribution in [0.2, 0.25) is 0 Å². The summed E-state index contributed by atoms with van der Waals surface area (Å²) in [4.78, 5) is 72.1.